The Morgan fingerprint density at radius 3 is 3.00 bits per heavy atom. The van der Waals surface area contributed by atoms with E-state index in [0.29, 0.717) is 0 Å². The fourth-order valence-corrected chi connectivity index (χ4v) is 1.26. The molecule has 60 valence electrons. The second-order valence-corrected chi connectivity index (χ2v) is 2.99. The van der Waals surface area contributed by atoms with E-state index in [2.05, 4.69) is 25.9 Å². The minimum absolute atomic E-state index is 0.844. The lowest BCUT2D eigenvalue weighted by atomic mass is 9.97. The average molecular weight is 154 g/mol. The molecule has 2 heterocycles. The molecule has 0 amide bonds. The Labute approximate surface area is 64.6 Å². The predicted octanol–water partition coefficient (Wildman–Crippen LogP) is -1.67. The van der Waals surface area contributed by atoms with Crippen LogP contribution in [0.1, 0.15) is 12.2 Å². The number of nitrogens with zero attached hydrogens (tertiary/aromatic N) is 3. The normalized spacial score (nSPS) is 18.2. The van der Waals surface area contributed by atoms with E-state index in [1.54, 1.807) is 0 Å². The van der Waals surface area contributed by atoms with Crippen LogP contribution in [0.5, 0.6) is 0 Å². The van der Waals surface area contributed by atoms with Gasteiger partial charge in [-0.2, -0.15) is 5.21 Å². The highest BCUT2D eigenvalue weighted by atomic mass is 15.5. The zero-order valence-corrected chi connectivity index (χ0v) is 6.32. The summed E-state index contributed by atoms with van der Waals surface area (Å²) >= 11 is 0. The molecular weight excluding hydrogens is 142 g/mol. The van der Waals surface area contributed by atoms with Gasteiger partial charge in [-0.05, 0) is 6.42 Å². The van der Waals surface area contributed by atoms with Crippen LogP contribution in [0.4, 0.5) is 0 Å². The molecule has 1 aromatic heterocycles. The van der Waals surface area contributed by atoms with Crippen molar-refractivity contribution in [2.45, 2.75) is 12.8 Å². The van der Waals surface area contributed by atoms with Crippen LogP contribution in [0, 0.1) is 5.92 Å². The number of quaternary nitrogens is 1. The molecule has 2 rings (SSSR count). The topological polar surface area (TPSA) is 71.1 Å². The molecule has 0 spiro atoms. The average Bonchev–Trinajstić information content (AvgIpc) is 2.36. The lowest BCUT2D eigenvalue weighted by Crippen LogP contribution is -2.96. The van der Waals surface area contributed by atoms with Crippen molar-refractivity contribution in [3.05, 3.63) is 5.82 Å². The molecule has 0 bridgehead atoms. The number of aryl methyl sites for hydroxylation is 1. The van der Waals surface area contributed by atoms with Gasteiger partial charge < -0.3 is 5.32 Å². The summed E-state index contributed by atoms with van der Waals surface area (Å²) in [7, 11) is 0. The van der Waals surface area contributed by atoms with Gasteiger partial charge in [0.1, 0.15) is 0 Å². The Morgan fingerprint density at radius 1 is 1.55 bits per heavy atom. The summed E-state index contributed by atoms with van der Waals surface area (Å²) in [6.45, 7) is 2.55. The fourth-order valence-electron chi connectivity index (χ4n) is 1.26. The lowest BCUT2D eigenvalue weighted by Gasteiger charge is -2.21. The monoisotopic (exact) mass is 154 g/mol. The predicted molar refractivity (Wildman–Crippen MR) is 37.6 cm³/mol. The molecule has 3 N–H and O–H groups in total. The van der Waals surface area contributed by atoms with Crippen LogP contribution in [-0.4, -0.2) is 33.7 Å². The quantitative estimate of drug-likeness (QED) is 0.546. The first-order valence-corrected chi connectivity index (χ1v) is 3.99. The van der Waals surface area contributed by atoms with Gasteiger partial charge in [0.05, 0.1) is 19.0 Å². The molecule has 5 nitrogen and oxygen atoms in total. The highest BCUT2D eigenvalue weighted by Crippen LogP contribution is 2.05. The molecule has 0 saturated carbocycles. The summed E-state index contributed by atoms with van der Waals surface area (Å²) in [5, 5.41) is 16.0. The molecule has 0 aromatic carbocycles. The molecule has 0 radical (unpaired) electrons. The zero-order chi connectivity index (χ0) is 7.52. The Balaban J connectivity index is 1.74. The number of aromatic amines is 1. The van der Waals surface area contributed by atoms with Crippen molar-refractivity contribution in [2.75, 3.05) is 13.1 Å². The Bertz CT molecular complexity index is 203. The number of nitrogens with one attached hydrogen (secondary N) is 1. The molecule has 5 heteroatoms. The molecule has 11 heavy (non-hydrogen) atoms. The summed E-state index contributed by atoms with van der Waals surface area (Å²) in [6, 6.07) is 0. The number of aromatic nitrogens is 4. The Hall–Kier alpha value is -0.970. The highest BCUT2D eigenvalue weighted by Gasteiger charge is 2.21. The molecule has 1 aromatic rings. The van der Waals surface area contributed by atoms with Crippen LogP contribution >= 0.6 is 0 Å². The number of tetrazole rings is 1. The van der Waals surface area contributed by atoms with Crippen LogP contribution in [0.2, 0.25) is 0 Å². The van der Waals surface area contributed by atoms with Crippen molar-refractivity contribution in [1.82, 2.24) is 20.6 Å². The third-order valence-corrected chi connectivity index (χ3v) is 2.17. The van der Waals surface area contributed by atoms with E-state index >= 15 is 0 Å². The first kappa shape index (κ1) is 6.72. The fraction of sp³-hybridized carbons (Fsp3) is 0.833. The van der Waals surface area contributed by atoms with E-state index in [-0.39, 0.29) is 0 Å². The smallest absolute Gasteiger partial charge is 0.174 e. The number of H-pyrrole nitrogens is 1. The van der Waals surface area contributed by atoms with Crippen molar-refractivity contribution in [3.8, 4) is 0 Å². The standard InChI is InChI=1S/C6H11N5/c1(5-3-7-4-5)2-6-8-10-11-9-6/h5,7H,1-4H2,(H,8,9,10,11)/p+1. The van der Waals surface area contributed by atoms with Gasteiger partial charge in [0.25, 0.3) is 0 Å². The first-order valence-electron chi connectivity index (χ1n) is 3.99. The van der Waals surface area contributed by atoms with Gasteiger partial charge in [-0.25, -0.2) is 0 Å². The van der Waals surface area contributed by atoms with E-state index in [4.69, 9.17) is 0 Å². The van der Waals surface area contributed by atoms with Crippen molar-refractivity contribution >= 4 is 0 Å². The Kier molecular flexibility index (Phi) is 1.81. The highest BCUT2D eigenvalue weighted by molar-refractivity contribution is 4.77. The van der Waals surface area contributed by atoms with Crippen molar-refractivity contribution in [1.29, 1.82) is 0 Å². The minimum atomic E-state index is 0.844. The van der Waals surface area contributed by atoms with Gasteiger partial charge in [-0.15, -0.1) is 10.2 Å². The summed E-state index contributed by atoms with van der Waals surface area (Å²) < 4.78 is 0. The third kappa shape index (κ3) is 1.54. The molecule has 1 aliphatic rings. The van der Waals surface area contributed by atoms with E-state index in [1.807, 2.05) is 0 Å². The van der Waals surface area contributed by atoms with Crippen LogP contribution < -0.4 is 5.32 Å². The van der Waals surface area contributed by atoms with Gasteiger partial charge in [0.15, 0.2) is 5.82 Å². The van der Waals surface area contributed by atoms with Crippen LogP contribution in [0.25, 0.3) is 0 Å². The van der Waals surface area contributed by atoms with E-state index in [1.165, 1.54) is 19.5 Å². The molecule has 1 aliphatic heterocycles. The van der Waals surface area contributed by atoms with E-state index < -0.39 is 0 Å². The zero-order valence-electron chi connectivity index (χ0n) is 6.32. The van der Waals surface area contributed by atoms with E-state index in [9.17, 15) is 0 Å². The molecule has 0 atom stereocenters. The minimum Gasteiger partial charge on any atom is -0.345 e. The summed E-state index contributed by atoms with van der Waals surface area (Å²) in [5.74, 6) is 1.73. The first-order chi connectivity index (χ1) is 5.45. The number of hydrogen-bond donors (Lipinski definition) is 2. The maximum absolute atomic E-state index is 3.89. The van der Waals surface area contributed by atoms with Crippen molar-refractivity contribution < 1.29 is 5.32 Å². The molecule has 0 unspecified atom stereocenters. The van der Waals surface area contributed by atoms with Crippen molar-refractivity contribution in [2.24, 2.45) is 5.92 Å². The molecule has 1 saturated heterocycles. The van der Waals surface area contributed by atoms with Gasteiger partial charge in [-0.1, -0.05) is 5.21 Å². The van der Waals surface area contributed by atoms with Gasteiger partial charge in [0.2, 0.25) is 0 Å². The van der Waals surface area contributed by atoms with Gasteiger partial charge in [0, 0.05) is 6.42 Å². The van der Waals surface area contributed by atoms with Crippen molar-refractivity contribution in [3.63, 3.8) is 0 Å². The third-order valence-electron chi connectivity index (χ3n) is 2.17. The Morgan fingerprint density at radius 2 is 2.45 bits per heavy atom. The maximum Gasteiger partial charge on any atom is 0.174 e. The largest absolute Gasteiger partial charge is 0.345 e. The van der Waals surface area contributed by atoms with E-state index in [0.717, 1.165) is 18.2 Å². The van der Waals surface area contributed by atoms with Crippen LogP contribution in [0.15, 0.2) is 0 Å². The second-order valence-electron chi connectivity index (χ2n) is 2.99. The number of hydrogen-bond acceptors (Lipinski definition) is 3. The molecule has 1 fully saturated rings. The lowest BCUT2D eigenvalue weighted by molar-refractivity contribution is -0.723. The summed E-state index contributed by atoms with van der Waals surface area (Å²) in [4.78, 5) is 0. The van der Waals surface area contributed by atoms with Crippen LogP contribution in [0.3, 0.4) is 0 Å². The number of nitrogens with two attached hydrogens (primary N) is 1. The molecule has 0 aliphatic carbocycles. The van der Waals surface area contributed by atoms with Crippen LogP contribution in [-0.2, 0) is 6.42 Å². The maximum atomic E-state index is 3.89. The SMILES string of the molecule is C(CC1C[NH2+]C1)c1nn[nH]n1. The van der Waals surface area contributed by atoms with Gasteiger partial charge in [-0.3, -0.25) is 0 Å². The summed E-state index contributed by atoms with van der Waals surface area (Å²) in [5.41, 5.74) is 0. The van der Waals surface area contributed by atoms with Gasteiger partial charge >= 0.3 is 0 Å². The second kappa shape index (κ2) is 2.96. The molecular formula is C6H12N5+. The number of rotatable bonds is 3. The summed E-state index contributed by atoms with van der Waals surface area (Å²) in [6.07, 6.45) is 2.17.